The van der Waals surface area contributed by atoms with Gasteiger partial charge in [0.2, 0.25) is 5.91 Å². The molecule has 1 aromatic rings. The molecule has 1 N–H and O–H groups in total. The molecule has 19 heavy (non-hydrogen) atoms. The van der Waals surface area contributed by atoms with Gasteiger partial charge in [-0.25, -0.2) is 13.4 Å². The van der Waals surface area contributed by atoms with Crippen molar-refractivity contribution in [3.8, 4) is 0 Å². The van der Waals surface area contributed by atoms with Gasteiger partial charge in [-0.2, -0.15) is 4.31 Å². The predicted octanol–water partition coefficient (Wildman–Crippen LogP) is -0.280. The minimum atomic E-state index is -3.72. The quantitative estimate of drug-likeness (QED) is 0.828. The molecule has 1 fully saturated rings. The second-order valence-corrected chi connectivity index (χ2v) is 6.33. The summed E-state index contributed by atoms with van der Waals surface area (Å²) < 4.78 is 28.0. The Labute approximate surface area is 112 Å². The van der Waals surface area contributed by atoms with E-state index in [2.05, 4.69) is 10.3 Å². The van der Waals surface area contributed by atoms with Crippen LogP contribution in [-0.4, -0.2) is 47.3 Å². The number of carbonyl (C=O) groups is 1. The van der Waals surface area contributed by atoms with Crippen molar-refractivity contribution >= 4 is 15.9 Å². The van der Waals surface area contributed by atoms with Gasteiger partial charge in [-0.3, -0.25) is 4.79 Å². The Kier molecular flexibility index (Phi) is 3.64. The summed E-state index contributed by atoms with van der Waals surface area (Å²) in [6.07, 6.45) is 1.52. The summed E-state index contributed by atoms with van der Waals surface area (Å²) in [6.45, 7) is 6.51. The van der Waals surface area contributed by atoms with Crippen LogP contribution in [0, 0.1) is 6.92 Å². The molecule has 0 aromatic carbocycles. The van der Waals surface area contributed by atoms with Crippen molar-refractivity contribution in [3.05, 3.63) is 12.0 Å². The Balaban J connectivity index is 2.38. The first-order valence-electron chi connectivity index (χ1n) is 6.21. The summed E-state index contributed by atoms with van der Waals surface area (Å²) in [4.78, 5) is 15.7. The molecule has 1 saturated heterocycles. The molecular weight excluding hydrogens is 268 g/mol. The zero-order chi connectivity index (χ0) is 14.2. The number of hydrogen-bond donors (Lipinski definition) is 1. The minimum absolute atomic E-state index is 0.00778. The average molecular weight is 286 g/mol. The second-order valence-electron chi connectivity index (χ2n) is 4.50. The summed E-state index contributed by atoms with van der Waals surface area (Å²) in [6, 6.07) is -0.703. The van der Waals surface area contributed by atoms with Crippen molar-refractivity contribution in [1.29, 1.82) is 0 Å². The van der Waals surface area contributed by atoms with Crippen molar-refractivity contribution < 1.29 is 13.2 Å². The largest absolute Gasteiger partial charge is 0.353 e. The van der Waals surface area contributed by atoms with E-state index in [0.29, 0.717) is 18.9 Å². The fraction of sp³-hybridized carbons (Fsp3) is 0.636. The third kappa shape index (κ3) is 2.37. The monoisotopic (exact) mass is 286 g/mol. The second kappa shape index (κ2) is 4.93. The molecule has 1 unspecified atom stereocenters. The number of nitrogens with one attached hydrogen (secondary N) is 1. The summed E-state index contributed by atoms with van der Waals surface area (Å²) >= 11 is 0. The molecule has 2 rings (SSSR count). The van der Waals surface area contributed by atoms with Crippen LogP contribution in [-0.2, 0) is 21.4 Å². The maximum Gasteiger partial charge on any atom is 0.262 e. The summed E-state index contributed by atoms with van der Waals surface area (Å²) in [5.74, 6) is 0.372. The third-order valence-electron chi connectivity index (χ3n) is 3.31. The molecule has 0 radical (unpaired) electrons. The molecule has 0 aliphatic carbocycles. The molecule has 1 amide bonds. The van der Waals surface area contributed by atoms with Gasteiger partial charge in [-0.15, -0.1) is 0 Å². The van der Waals surface area contributed by atoms with Crippen molar-refractivity contribution in [2.75, 3.05) is 13.1 Å². The maximum atomic E-state index is 12.5. The Morgan fingerprint density at radius 1 is 1.53 bits per heavy atom. The van der Waals surface area contributed by atoms with Crippen molar-refractivity contribution in [2.24, 2.45) is 0 Å². The van der Waals surface area contributed by atoms with Gasteiger partial charge in [0.05, 0.1) is 0 Å². The number of imidazole rings is 1. The van der Waals surface area contributed by atoms with E-state index >= 15 is 0 Å². The molecule has 106 valence electrons. The highest BCUT2D eigenvalue weighted by Gasteiger charge is 2.36. The molecule has 1 aliphatic rings. The number of aromatic nitrogens is 2. The van der Waals surface area contributed by atoms with Crippen LogP contribution < -0.4 is 5.32 Å². The van der Waals surface area contributed by atoms with Gasteiger partial charge in [0, 0.05) is 25.8 Å². The lowest BCUT2D eigenvalue weighted by Crippen LogP contribution is -2.55. The summed E-state index contributed by atoms with van der Waals surface area (Å²) in [5, 5.41) is 2.65. The van der Waals surface area contributed by atoms with E-state index < -0.39 is 16.1 Å². The number of nitrogens with zero attached hydrogens (tertiary/aromatic N) is 3. The minimum Gasteiger partial charge on any atom is -0.353 e. The molecule has 8 heteroatoms. The van der Waals surface area contributed by atoms with Gasteiger partial charge >= 0.3 is 0 Å². The van der Waals surface area contributed by atoms with Crippen LogP contribution in [0.4, 0.5) is 0 Å². The van der Waals surface area contributed by atoms with Crippen LogP contribution in [0.3, 0.4) is 0 Å². The van der Waals surface area contributed by atoms with Crippen LogP contribution in [0.2, 0.25) is 0 Å². The molecule has 0 spiro atoms. The molecule has 1 atom stereocenters. The lowest BCUT2D eigenvalue weighted by molar-refractivity contribution is -0.126. The van der Waals surface area contributed by atoms with Crippen LogP contribution in [0.15, 0.2) is 11.2 Å². The molecule has 2 heterocycles. The summed E-state index contributed by atoms with van der Waals surface area (Å²) in [5.41, 5.74) is 0. The summed E-state index contributed by atoms with van der Waals surface area (Å²) in [7, 11) is -3.72. The number of rotatable bonds is 3. The Hall–Kier alpha value is -1.41. The first kappa shape index (κ1) is 14.0. The number of carbonyl (C=O) groups excluding carboxylic acids is 1. The first-order chi connectivity index (χ1) is 8.87. The molecular formula is C11H18N4O3S. The Morgan fingerprint density at radius 3 is 2.79 bits per heavy atom. The molecule has 1 aromatic heterocycles. The topological polar surface area (TPSA) is 84.3 Å². The van der Waals surface area contributed by atoms with E-state index in [1.165, 1.54) is 10.5 Å². The van der Waals surface area contributed by atoms with E-state index in [0.717, 1.165) is 0 Å². The first-order valence-corrected chi connectivity index (χ1v) is 7.65. The van der Waals surface area contributed by atoms with E-state index in [-0.39, 0.29) is 17.5 Å². The lowest BCUT2D eigenvalue weighted by atomic mass is 10.2. The fourth-order valence-electron chi connectivity index (χ4n) is 2.13. The number of aryl methyl sites for hydroxylation is 2. The van der Waals surface area contributed by atoms with Crippen LogP contribution in [0.25, 0.3) is 0 Å². The zero-order valence-electron chi connectivity index (χ0n) is 11.3. The molecule has 7 nitrogen and oxygen atoms in total. The maximum absolute atomic E-state index is 12.5. The highest BCUT2D eigenvalue weighted by Crippen LogP contribution is 2.19. The third-order valence-corrected chi connectivity index (χ3v) is 5.15. The van der Waals surface area contributed by atoms with Gasteiger partial charge in [0.15, 0.2) is 5.03 Å². The van der Waals surface area contributed by atoms with Crippen molar-refractivity contribution in [1.82, 2.24) is 19.2 Å². The van der Waals surface area contributed by atoms with E-state index in [4.69, 9.17) is 0 Å². The van der Waals surface area contributed by atoms with E-state index in [1.807, 2.05) is 6.92 Å². The lowest BCUT2D eigenvalue weighted by Gasteiger charge is -2.30. The SMILES string of the molecule is CCn1cc(S(=O)(=O)N2CCNC(=O)C2C)nc1C. The van der Waals surface area contributed by atoms with Gasteiger partial charge in [-0.1, -0.05) is 0 Å². The Bertz CT molecular complexity index is 593. The van der Waals surface area contributed by atoms with Gasteiger partial charge in [0.25, 0.3) is 10.0 Å². The standard InChI is InChI=1S/C11H18N4O3S/c1-4-14-7-10(13-9(14)3)19(17,18)15-6-5-12-11(16)8(15)2/h7-8H,4-6H2,1-3H3,(H,12,16). The van der Waals surface area contributed by atoms with E-state index in [9.17, 15) is 13.2 Å². The zero-order valence-corrected chi connectivity index (χ0v) is 12.1. The van der Waals surface area contributed by atoms with Crippen molar-refractivity contribution in [2.45, 2.75) is 38.4 Å². The number of hydrogen-bond acceptors (Lipinski definition) is 4. The number of piperazine rings is 1. The molecule has 0 bridgehead atoms. The highest BCUT2D eigenvalue weighted by atomic mass is 32.2. The molecule has 0 saturated carbocycles. The van der Waals surface area contributed by atoms with Crippen LogP contribution >= 0.6 is 0 Å². The van der Waals surface area contributed by atoms with Crippen molar-refractivity contribution in [3.63, 3.8) is 0 Å². The Morgan fingerprint density at radius 2 is 2.21 bits per heavy atom. The van der Waals surface area contributed by atoms with Crippen LogP contribution in [0.1, 0.15) is 19.7 Å². The highest BCUT2D eigenvalue weighted by molar-refractivity contribution is 7.89. The van der Waals surface area contributed by atoms with Gasteiger partial charge in [0.1, 0.15) is 11.9 Å². The van der Waals surface area contributed by atoms with Gasteiger partial charge in [-0.05, 0) is 20.8 Å². The number of sulfonamides is 1. The number of amides is 1. The van der Waals surface area contributed by atoms with Crippen LogP contribution in [0.5, 0.6) is 0 Å². The smallest absolute Gasteiger partial charge is 0.262 e. The molecule has 1 aliphatic heterocycles. The normalized spacial score (nSPS) is 21.4. The predicted molar refractivity (Wildman–Crippen MR) is 69.0 cm³/mol. The fourth-order valence-corrected chi connectivity index (χ4v) is 3.73. The van der Waals surface area contributed by atoms with Gasteiger partial charge < -0.3 is 9.88 Å². The average Bonchev–Trinajstić information content (AvgIpc) is 2.74. The van der Waals surface area contributed by atoms with E-state index in [1.54, 1.807) is 18.4 Å².